The molecule has 1 aromatic rings. The van der Waals surface area contributed by atoms with Crippen LogP contribution in [0.5, 0.6) is 5.75 Å². The van der Waals surface area contributed by atoms with Crippen molar-refractivity contribution in [1.82, 2.24) is 5.32 Å². The molecule has 0 radical (unpaired) electrons. The smallest absolute Gasteiger partial charge is 0.124 e. The van der Waals surface area contributed by atoms with Crippen molar-refractivity contribution in [3.8, 4) is 5.75 Å². The van der Waals surface area contributed by atoms with Gasteiger partial charge >= 0.3 is 0 Å². The van der Waals surface area contributed by atoms with E-state index in [9.17, 15) is 0 Å². The van der Waals surface area contributed by atoms with Crippen LogP contribution in [0.15, 0.2) is 24.3 Å². The van der Waals surface area contributed by atoms with E-state index in [-0.39, 0.29) is 0 Å². The molecule has 1 aliphatic carbocycles. The molecular formula is C17H27NO. The minimum absolute atomic E-state index is 0.452. The molecule has 1 fully saturated rings. The van der Waals surface area contributed by atoms with E-state index >= 15 is 0 Å². The van der Waals surface area contributed by atoms with Gasteiger partial charge in [-0.1, -0.05) is 44.4 Å². The molecule has 2 nitrogen and oxygen atoms in total. The number of benzene rings is 1. The first-order chi connectivity index (χ1) is 9.35. The van der Waals surface area contributed by atoms with Crippen molar-refractivity contribution in [2.45, 2.75) is 52.0 Å². The fourth-order valence-corrected chi connectivity index (χ4v) is 2.76. The van der Waals surface area contributed by atoms with Crippen LogP contribution in [0.1, 0.15) is 57.6 Å². The normalized spacial score (nSPS) is 16.9. The summed E-state index contributed by atoms with van der Waals surface area (Å²) in [5.41, 5.74) is 1.34. The molecule has 0 heterocycles. The summed E-state index contributed by atoms with van der Waals surface area (Å²) in [5, 5.41) is 3.70. The molecule has 1 saturated carbocycles. The van der Waals surface area contributed by atoms with Crippen molar-refractivity contribution in [2.24, 2.45) is 5.92 Å². The predicted molar refractivity (Wildman–Crippen MR) is 80.6 cm³/mol. The van der Waals surface area contributed by atoms with Crippen LogP contribution in [-0.2, 0) is 0 Å². The fourth-order valence-electron chi connectivity index (χ4n) is 2.76. The Morgan fingerprint density at radius 2 is 2.05 bits per heavy atom. The van der Waals surface area contributed by atoms with Gasteiger partial charge < -0.3 is 10.1 Å². The van der Waals surface area contributed by atoms with Crippen LogP contribution in [0.3, 0.4) is 0 Å². The van der Waals surface area contributed by atoms with Crippen LogP contribution in [0.25, 0.3) is 0 Å². The van der Waals surface area contributed by atoms with Crippen molar-refractivity contribution in [1.29, 1.82) is 0 Å². The maximum atomic E-state index is 5.79. The highest BCUT2D eigenvalue weighted by atomic mass is 16.5. The number of hydrogen-bond donors (Lipinski definition) is 1. The lowest BCUT2D eigenvalue weighted by Crippen LogP contribution is -2.27. The molecule has 0 bridgehead atoms. The van der Waals surface area contributed by atoms with E-state index in [0.717, 1.165) is 24.8 Å². The Morgan fingerprint density at radius 1 is 1.26 bits per heavy atom. The molecule has 1 aliphatic rings. The van der Waals surface area contributed by atoms with Gasteiger partial charge in [-0.05, 0) is 38.3 Å². The van der Waals surface area contributed by atoms with Gasteiger partial charge in [0.05, 0.1) is 6.61 Å². The number of ether oxygens (including phenoxy) is 1. The van der Waals surface area contributed by atoms with Gasteiger partial charge in [-0.15, -0.1) is 0 Å². The molecule has 0 saturated heterocycles. The maximum Gasteiger partial charge on any atom is 0.124 e. The van der Waals surface area contributed by atoms with Crippen LogP contribution in [0.4, 0.5) is 0 Å². The summed E-state index contributed by atoms with van der Waals surface area (Å²) < 4.78 is 5.79. The highest BCUT2D eigenvalue weighted by Crippen LogP contribution is 2.37. The Labute approximate surface area is 117 Å². The average molecular weight is 261 g/mol. The largest absolute Gasteiger partial charge is 0.494 e. The molecule has 19 heavy (non-hydrogen) atoms. The summed E-state index contributed by atoms with van der Waals surface area (Å²) in [6, 6.07) is 8.96. The minimum atomic E-state index is 0.452. The maximum absolute atomic E-state index is 5.79. The molecule has 0 spiro atoms. The van der Waals surface area contributed by atoms with Crippen molar-refractivity contribution in [3.05, 3.63) is 29.8 Å². The zero-order valence-corrected chi connectivity index (χ0v) is 12.3. The van der Waals surface area contributed by atoms with Crippen molar-refractivity contribution < 1.29 is 4.74 Å². The van der Waals surface area contributed by atoms with Crippen LogP contribution in [0, 0.1) is 5.92 Å². The van der Waals surface area contributed by atoms with Gasteiger partial charge in [-0.3, -0.25) is 0 Å². The molecule has 106 valence electrons. The van der Waals surface area contributed by atoms with Crippen LogP contribution in [-0.4, -0.2) is 13.2 Å². The van der Waals surface area contributed by atoms with Crippen LogP contribution >= 0.6 is 0 Å². The van der Waals surface area contributed by atoms with Gasteiger partial charge in [-0.25, -0.2) is 0 Å². The highest BCUT2D eigenvalue weighted by Gasteiger charge is 2.24. The molecule has 1 aromatic carbocycles. The summed E-state index contributed by atoms with van der Waals surface area (Å²) in [5.74, 6) is 1.96. The second-order valence-corrected chi connectivity index (χ2v) is 5.51. The van der Waals surface area contributed by atoms with Gasteiger partial charge in [0.25, 0.3) is 0 Å². The Morgan fingerprint density at radius 3 is 2.68 bits per heavy atom. The lowest BCUT2D eigenvalue weighted by atomic mass is 9.79. The highest BCUT2D eigenvalue weighted by molar-refractivity contribution is 5.36. The van der Waals surface area contributed by atoms with E-state index in [1.165, 1.54) is 37.7 Å². The van der Waals surface area contributed by atoms with Gasteiger partial charge in [0.15, 0.2) is 0 Å². The quantitative estimate of drug-likeness (QED) is 0.752. The third kappa shape index (κ3) is 3.97. The van der Waals surface area contributed by atoms with Crippen molar-refractivity contribution in [3.63, 3.8) is 0 Å². The van der Waals surface area contributed by atoms with Gasteiger partial charge in [0.2, 0.25) is 0 Å². The zero-order valence-electron chi connectivity index (χ0n) is 12.3. The second-order valence-electron chi connectivity index (χ2n) is 5.51. The molecule has 1 atom stereocenters. The summed E-state index contributed by atoms with van der Waals surface area (Å²) >= 11 is 0. The molecular weight excluding hydrogens is 234 g/mol. The average Bonchev–Trinajstić information content (AvgIpc) is 2.38. The molecule has 0 amide bonds. The molecule has 0 aliphatic heterocycles. The molecule has 0 aromatic heterocycles. The van der Waals surface area contributed by atoms with E-state index in [1.807, 2.05) is 0 Å². The van der Waals surface area contributed by atoms with E-state index < -0.39 is 0 Å². The lowest BCUT2D eigenvalue weighted by Gasteiger charge is -2.31. The summed E-state index contributed by atoms with van der Waals surface area (Å²) in [4.78, 5) is 0. The van der Waals surface area contributed by atoms with Crippen LogP contribution < -0.4 is 10.1 Å². The van der Waals surface area contributed by atoms with E-state index in [2.05, 4.69) is 43.4 Å². The van der Waals surface area contributed by atoms with Crippen molar-refractivity contribution in [2.75, 3.05) is 13.2 Å². The van der Waals surface area contributed by atoms with Crippen molar-refractivity contribution >= 4 is 0 Å². The first-order valence-electron chi connectivity index (χ1n) is 7.80. The standard InChI is InChI=1S/C17H27NO/c1-3-12-18-16(13-14-8-7-9-14)15-10-5-6-11-17(15)19-4-2/h5-6,10-11,14,16,18H,3-4,7-9,12-13H2,1-2H3. The molecule has 1 unspecified atom stereocenters. The predicted octanol–water partition coefficient (Wildman–Crippen LogP) is 4.32. The van der Waals surface area contributed by atoms with E-state index in [0.29, 0.717) is 6.04 Å². The summed E-state index contributed by atoms with van der Waals surface area (Å²) in [7, 11) is 0. The first-order valence-corrected chi connectivity index (χ1v) is 7.80. The van der Waals surface area contributed by atoms with Gasteiger partial charge in [0.1, 0.15) is 5.75 Å². The second kappa shape index (κ2) is 7.54. The lowest BCUT2D eigenvalue weighted by molar-refractivity contribution is 0.256. The summed E-state index contributed by atoms with van der Waals surface area (Å²) in [6.45, 7) is 6.10. The number of para-hydroxylation sites is 1. The monoisotopic (exact) mass is 261 g/mol. The summed E-state index contributed by atoms with van der Waals surface area (Å²) in [6.07, 6.45) is 6.66. The Hall–Kier alpha value is -1.02. The van der Waals surface area contributed by atoms with Crippen LogP contribution in [0.2, 0.25) is 0 Å². The first kappa shape index (κ1) is 14.4. The topological polar surface area (TPSA) is 21.3 Å². The molecule has 2 rings (SSSR count). The Balaban J connectivity index is 2.10. The molecule has 2 heteroatoms. The third-order valence-corrected chi connectivity index (χ3v) is 4.03. The number of hydrogen-bond acceptors (Lipinski definition) is 2. The molecule has 1 N–H and O–H groups in total. The zero-order chi connectivity index (χ0) is 13.5. The Bertz CT molecular complexity index is 373. The Kier molecular flexibility index (Phi) is 5.71. The number of nitrogens with one attached hydrogen (secondary N) is 1. The third-order valence-electron chi connectivity index (χ3n) is 4.03. The SMILES string of the molecule is CCCNC(CC1CCC1)c1ccccc1OCC. The minimum Gasteiger partial charge on any atom is -0.494 e. The van der Waals surface area contributed by atoms with Gasteiger partial charge in [0, 0.05) is 11.6 Å². The van der Waals surface area contributed by atoms with E-state index in [4.69, 9.17) is 4.74 Å². The van der Waals surface area contributed by atoms with Gasteiger partial charge in [-0.2, -0.15) is 0 Å². The fraction of sp³-hybridized carbons (Fsp3) is 0.647. The number of rotatable bonds is 8. The van der Waals surface area contributed by atoms with E-state index in [1.54, 1.807) is 0 Å².